The Morgan fingerprint density at radius 1 is 1.04 bits per heavy atom. The first-order valence-corrected chi connectivity index (χ1v) is 9.09. The normalized spacial score (nSPS) is 10.1. The summed E-state index contributed by atoms with van der Waals surface area (Å²) in [6.07, 6.45) is 0. The largest absolute Gasteiger partial charge is 0.455 e. The molecule has 2 aromatic carbocycles. The van der Waals surface area contributed by atoms with Crippen molar-refractivity contribution in [2.75, 3.05) is 24.2 Å². The predicted octanol–water partition coefficient (Wildman–Crippen LogP) is 2.52. The molecule has 2 aromatic rings. The monoisotopic (exact) mass is 390 g/mol. The van der Waals surface area contributed by atoms with Crippen molar-refractivity contribution in [3.8, 4) is 0 Å². The lowest BCUT2D eigenvalue weighted by atomic mass is 10.2. The molecule has 0 bridgehead atoms. The molecule has 0 spiro atoms. The summed E-state index contributed by atoms with van der Waals surface area (Å²) in [5.74, 6) is -1.91. The Morgan fingerprint density at radius 3 is 2.44 bits per heavy atom. The van der Waals surface area contributed by atoms with Gasteiger partial charge in [-0.2, -0.15) is 0 Å². The van der Waals surface area contributed by atoms with Gasteiger partial charge < -0.3 is 15.4 Å². The number of nitrogens with one attached hydrogen (secondary N) is 2. The van der Waals surface area contributed by atoms with Gasteiger partial charge in [-0.1, -0.05) is 18.2 Å². The number of halogens is 1. The first-order chi connectivity index (χ1) is 12.9. The second-order valence-corrected chi connectivity index (χ2v) is 6.56. The number of thioether (sulfide) groups is 1. The maximum atomic E-state index is 12.8. The number of carbonyl (C=O) groups excluding carboxylic acids is 3. The van der Waals surface area contributed by atoms with Crippen LogP contribution < -0.4 is 10.6 Å². The molecular formula is C19H19FN2O4S. The van der Waals surface area contributed by atoms with E-state index in [2.05, 4.69) is 10.6 Å². The molecule has 0 aliphatic carbocycles. The molecule has 142 valence electrons. The van der Waals surface area contributed by atoms with Crippen LogP contribution in [0.15, 0.2) is 53.4 Å². The van der Waals surface area contributed by atoms with Gasteiger partial charge in [-0.15, -0.1) is 11.8 Å². The number of hydrogen-bond donors (Lipinski definition) is 2. The average molecular weight is 390 g/mol. The minimum absolute atomic E-state index is 0.0865. The highest BCUT2D eigenvalue weighted by Gasteiger charge is 2.10. The molecule has 0 aliphatic rings. The van der Waals surface area contributed by atoms with Crippen LogP contribution in [0, 0.1) is 12.7 Å². The fourth-order valence-corrected chi connectivity index (χ4v) is 2.84. The zero-order valence-electron chi connectivity index (χ0n) is 14.7. The number of rotatable bonds is 8. The van der Waals surface area contributed by atoms with Gasteiger partial charge in [0.2, 0.25) is 5.91 Å². The molecule has 2 amide bonds. The van der Waals surface area contributed by atoms with Crippen molar-refractivity contribution >= 4 is 35.2 Å². The van der Waals surface area contributed by atoms with Gasteiger partial charge in [-0.3, -0.25) is 14.4 Å². The van der Waals surface area contributed by atoms with E-state index in [1.54, 1.807) is 0 Å². The van der Waals surface area contributed by atoms with E-state index >= 15 is 0 Å². The highest BCUT2D eigenvalue weighted by molar-refractivity contribution is 8.00. The van der Waals surface area contributed by atoms with Crippen LogP contribution in [0.4, 0.5) is 10.1 Å². The van der Waals surface area contributed by atoms with Crippen LogP contribution in [0.2, 0.25) is 0 Å². The quantitative estimate of drug-likeness (QED) is 0.535. The number of anilines is 1. The van der Waals surface area contributed by atoms with Gasteiger partial charge in [0, 0.05) is 10.6 Å². The van der Waals surface area contributed by atoms with Crippen molar-refractivity contribution < 1.29 is 23.5 Å². The molecule has 0 atom stereocenters. The average Bonchev–Trinajstić information content (AvgIpc) is 2.66. The van der Waals surface area contributed by atoms with Crippen LogP contribution in [-0.4, -0.2) is 36.7 Å². The number of hydrogen-bond acceptors (Lipinski definition) is 5. The zero-order chi connectivity index (χ0) is 19.6. The maximum Gasteiger partial charge on any atom is 0.316 e. The van der Waals surface area contributed by atoms with Gasteiger partial charge in [0.05, 0.1) is 12.3 Å². The molecule has 0 fully saturated rings. The SMILES string of the molecule is Cc1ccccc1SCC(=O)OCC(=O)NCC(=O)Nc1ccc(F)cc1. The predicted molar refractivity (Wildman–Crippen MR) is 101 cm³/mol. The fourth-order valence-electron chi connectivity index (χ4n) is 2.01. The first-order valence-electron chi connectivity index (χ1n) is 8.10. The summed E-state index contributed by atoms with van der Waals surface area (Å²) in [5.41, 5.74) is 1.47. The number of esters is 1. The van der Waals surface area contributed by atoms with Crippen LogP contribution >= 0.6 is 11.8 Å². The van der Waals surface area contributed by atoms with Crippen LogP contribution in [0.25, 0.3) is 0 Å². The Balaban J connectivity index is 1.63. The summed E-state index contributed by atoms with van der Waals surface area (Å²) < 4.78 is 17.7. The third kappa shape index (κ3) is 7.49. The smallest absolute Gasteiger partial charge is 0.316 e. The molecule has 0 aromatic heterocycles. The molecule has 0 saturated carbocycles. The minimum Gasteiger partial charge on any atom is -0.455 e. The molecule has 2 N–H and O–H groups in total. The molecule has 0 aliphatic heterocycles. The standard InChI is InChI=1S/C19H19FN2O4S/c1-13-4-2-3-5-16(13)27-12-19(25)26-11-18(24)21-10-17(23)22-15-8-6-14(20)7-9-15/h2-9H,10-12H2,1H3,(H,21,24)(H,22,23). The van der Waals surface area contributed by atoms with Crippen molar-refractivity contribution in [2.45, 2.75) is 11.8 Å². The molecule has 6 nitrogen and oxygen atoms in total. The number of ether oxygens (including phenoxy) is 1. The second-order valence-electron chi connectivity index (χ2n) is 5.55. The molecule has 0 heterocycles. The lowest BCUT2D eigenvalue weighted by Crippen LogP contribution is -2.35. The maximum absolute atomic E-state index is 12.8. The molecule has 8 heteroatoms. The van der Waals surface area contributed by atoms with Crippen LogP contribution in [0.5, 0.6) is 0 Å². The van der Waals surface area contributed by atoms with Gasteiger partial charge in [0.1, 0.15) is 5.82 Å². The van der Waals surface area contributed by atoms with E-state index in [0.29, 0.717) is 5.69 Å². The van der Waals surface area contributed by atoms with Crippen molar-refractivity contribution in [3.05, 3.63) is 59.9 Å². The number of amides is 2. The number of carbonyl (C=O) groups is 3. The van der Waals surface area contributed by atoms with E-state index in [4.69, 9.17) is 4.74 Å². The number of benzene rings is 2. The van der Waals surface area contributed by atoms with Crippen LogP contribution in [0.3, 0.4) is 0 Å². The van der Waals surface area contributed by atoms with E-state index in [0.717, 1.165) is 10.5 Å². The summed E-state index contributed by atoms with van der Waals surface area (Å²) in [6.45, 7) is 1.20. The Morgan fingerprint density at radius 2 is 1.74 bits per heavy atom. The van der Waals surface area contributed by atoms with Crippen molar-refractivity contribution in [2.24, 2.45) is 0 Å². The number of aryl methyl sites for hydroxylation is 1. The highest BCUT2D eigenvalue weighted by Crippen LogP contribution is 2.21. The zero-order valence-corrected chi connectivity index (χ0v) is 15.5. The van der Waals surface area contributed by atoms with Crippen molar-refractivity contribution in [3.63, 3.8) is 0 Å². The van der Waals surface area contributed by atoms with Gasteiger partial charge >= 0.3 is 5.97 Å². The Hall–Kier alpha value is -2.87. The molecule has 0 radical (unpaired) electrons. The fraction of sp³-hybridized carbons (Fsp3) is 0.211. The van der Waals surface area contributed by atoms with E-state index in [1.165, 1.54) is 36.0 Å². The van der Waals surface area contributed by atoms with E-state index in [-0.39, 0.29) is 12.3 Å². The van der Waals surface area contributed by atoms with Gasteiger partial charge in [-0.25, -0.2) is 4.39 Å². The third-order valence-corrected chi connectivity index (χ3v) is 4.53. The Bertz CT molecular complexity index is 812. The lowest BCUT2D eigenvalue weighted by molar-refractivity contribution is -0.146. The molecule has 27 heavy (non-hydrogen) atoms. The summed E-state index contributed by atoms with van der Waals surface area (Å²) >= 11 is 1.33. The minimum atomic E-state index is -0.585. The Labute approximate surface area is 160 Å². The lowest BCUT2D eigenvalue weighted by Gasteiger charge is -2.08. The van der Waals surface area contributed by atoms with E-state index in [1.807, 2.05) is 31.2 Å². The van der Waals surface area contributed by atoms with Gasteiger partial charge in [0.25, 0.3) is 5.91 Å². The third-order valence-electron chi connectivity index (χ3n) is 3.38. The second kappa shape index (κ2) is 10.3. The van der Waals surface area contributed by atoms with E-state index in [9.17, 15) is 18.8 Å². The van der Waals surface area contributed by atoms with Crippen molar-refractivity contribution in [1.29, 1.82) is 0 Å². The summed E-state index contributed by atoms with van der Waals surface area (Å²) in [7, 11) is 0. The highest BCUT2D eigenvalue weighted by atomic mass is 32.2. The molecule has 0 unspecified atom stereocenters. The van der Waals surface area contributed by atoms with Crippen LogP contribution in [-0.2, 0) is 19.1 Å². The topological polar surface area (TPSA) is 84.5 Å². The molecule has 2 rings (SSSR count). The summed E-state index contributed by atoms with van der Waals surface area (Å²) in [6, 6.07) is 12.9. The van der Waals surface area contributed by atoms with Gasteiger partial charge in [0.15, 0.2) is 6.61 Å². The van der Waals surface area contributed by atoms with Crippen molar-refractivity contribution in [1.82, 2.24) is 5.32 Å². The van der Waals surface area contributed by atoms with Gasteiger partial charge in [-0.05, 0) is 42.8 Å². The summed E-state index contributed by atoms with van der Waals surface area (Å²) in [4.78, 5) is 36.0. The summed E-state index contributed by atoms with van der Waals surface area (Å²) in [5, 5.41) is 4.84. The van der Waals surface area contributed by atoms with E-state index < -0.39 is 30.2 Å². The Kier molecular flexibility index (Phi) is 7.81. The molecule has 0 saturated heterocycles. The first kappa shape index (κ1) is 20.4. The van der Waals surface area contributed by atoms with Crippen LogP contribution in [0.1, 0.15) is 5.56 Å². The molecular weight excluding hydrogens is 371 g/mol.